The number of carbonyl (C=O) groups is 1. The van der Waals surface area contributed by atoms with Crippen LogP contribution in [0.15, 0.2) is 83.8 Å². The van der Waals surface area contributed by atoms with Crippen molar-refractivity contribution in [1.82, 2.24) is 4.90 Å². The minimum Gasteiger partial charge on any atom is -0.368 e. The van der Waals surface area contributed by atoms with Gasteiger partial charge >= 0.3 is 0 Å². The van der Waals surface area contributed by atoms with E-state index in [0.29, 0.717) is 36.9 Å². The molecule has 1 aliphatic rings. The number of halogens is 2. The highest BCUT2D eigenvalue weighted by Gasteiger charge is 2.30. The van der Waals surface area contributed by atoms with Gasteiger partial charge in [-0.1, -0.05) is 35.9 Å². The molecule has 1 saturated heterocycles. The topological polar surface area (TPSA) is 60.9 Å². The Bertz CT molecular complexity index is 1220. The molecular formula is C24H23ClIN3O3S. The van der Waals surface area contributed by atoms with Crippen molar-refractivity contribution in [3.8, 4) is 0 Å². The van der Waals surface area contributed by atoms with Crippen LogP contribution >= 0.6 is 34.2 Å². The highest BCUT2D eigenvalue weighted by atomic mass is 127. The van der Waals surface area contributed by atoms with Crippen molar-refractivity contribution < 1.29 is 13.2 Å². The van der Waals surface area contributed by atoms with E-state index >= 15 is 0 Å². The standard InChI is InChI=1S/C24H23ClIN3O3S/c25-19-5-4-6-22(17-19)27-13-15-28(16-14-27)24(30)18-29(21-11-9-20(26)10-12-21)33(31,32)23-7-2-1-3-8-23/h1-12,17H,13-16,18H2. The molecule has 0 N–H and O–H groups in total. The second-order valence-corrected chi connectivity index (χ2v) is 11.2. The lowest BCUT2D eigenvalue weighted by Gasteiger charge is -2.37. The van der Waals surface area contributed by atoms with Crippen molar-refractivity contribution in [1.29, 1.82) is 0 Å². The normalized spacial score (nSPS) is 14.2. The summed E-state index contributed by atoms with van der Waals surface area (Å²) in [5.41, 5.74) is 1.48. The van der Waals surface area contributed by atoms with Gasteiger partial charge in [0.2, 0.25) is 5.91 Å². The van der Waals surface area contributed by atoms with Crippen LogP contribution in [0, 0.1) is 3.57 Å². The number of nitrogens with zero attached hydrogens (tertiary/aromatic N) is 3. The SMILES string of the molecule is O=C(CN(c1ccc(I)cc1)S(=O)(=O)c1ccccc1)N1CCN(c2cccc(Cl)c2)CC1. The molecule has 1 fully saturated rings. The second-order valence-electron chi connectivity index (χ2n) is 7.65. The summed E-state index contributed by atoms with van der Waals surface area (Å²) in [6, 6.07) is 23.0. The summed E-state index contributed by atoms with van der Waals surface area (Å²) >= 11 is 8.27. The zero-order chi connectivity index (χ0) is 23.4. The Balaban J connectivity index is 1.52. The van der Waals surface area contributed by atoms with Crippen LogP contribution in [0.3, 0.4) is 0 Å². The van der Waals surface area contributed by atoms with E-state index in [1.54, 1.807) is 47.4 Å². The van der Waals surface area contributed by atoms with E-state index in [-0.39, 0.29) is 17.3 Å². The van der Waals surface area contributed by atoms with E-state index in [1.807, 2.05) is 36.4 Å². The first kappa shape index (κ1) is 23.8. The van der Waals surface area contributed by atoms with E-state index in [4.69, 9.17) is 11.6 Å². The molecule has 9 heteroatoms. The quantitative estimate of drug-likeness (QED) is 0.394. The predicted octanol–water partition coefficient (Wildman–Crippen LogP) is 4.49. The smallest absolute Gasteiger partial charge is 0.264 e. The van der Waals surface area contributed by atoms with Gasteiger partial charge in [0.05, 0.1) is 10.6 Å². The number of anilines is 2. The minimum absolute atomic E-state index is 0.155. The second kappa shape index (κ2) is 10.3. The average Bonchev–Trinajstić information content (AvgIpc) is 2.83. The Labute approximate surface area is 212 Å². The molecule has 0 bridgehead atoms. The maximum atomic E-state index is 13.4. The molecule has 0 radical (unpaired) electrons. The van der Waals surface area contributed by atoms with Gasteiger partial charge in [0.15, 0.2) is 0 Å². The fourth-order valence-corrected chi connectivity index (χ4v) is 5.73. The van der Waals surface area contributed by atoms with Crippen LogP contribution in [0.2, 0.25) is 5.02 Å². The van der Waals surface area contributed by atoms with Crippen molar-refractivity contribution in [2.24, 2.45) is 0 Å². The fourth-order valence-electron chi connectivity index (χ4n) is 3.75. The Kier molecular flexibility index (Phi) is 7.45. The first-order valence-electron chi connectivity index (χ1n) is 10.5. The van der Waals surface area contributed by atoms with Crippen molar-refractivity contribution in [3.05, 3.63) is 87.5 Å². The minimum atomic E-state index is -3.90. The molecule has 0 aromatic heterocycles. The van der Waals surface area contributed by atoms with Gasteiger partial charge < -0.3 is 9.80 Å². The fraction of sp³-hybridized carbons (Fsp3) is 0.208. The van der Waals surface area contributed by atoms with Gasteiger partial charge in [0.25, 0.3) is 10.0 Å². The van der Waals surface area contributed by atoms with Gasteiger partial charge in [-0.05, 0) is 77.2 Å². The highest BCUT2D eigenvalue weighted by Crippen LogP contribution is 2.25. The van der Waals surface area contributed by atoms with Crippen molar-refractivity contribution in [2.75, 3.05) is 41.9 Å². The molecule has 0 saturated carbocycles. The third-order valence-electron chi connectivity index (χ3n) is 5.53. The highest BCUT2D eigenvalue weighted by molar-refractivity contribution is 14.1. The summed E-state index contributed by atoms with van der Waals surface area (Å²) in [6.45, 7) is 2.08. The largest absolute Gasteiger partial charge is 0.368 e. The average molecular weight is 596 g/mol. The molecule has 3 aromatic carbocycles. The number of rotatable bonds is 6. The number of carbonyl (C=O) groups excluding carboxylic acids is 1. The van der Waals surface area contributed by atoms with Crippen molar-refractivity contribution in [2.45, 2.75) is 4.90 Å². The Morgan fingerprint density at radius 1 is 0.909 bits per heavy atom. The first-order chi connectivity index (χ1) is 15.8. The molecule has 0 spiro atoms. The Hall–Kier alpha value is -2.30. The van der Waals surface area contributed by atoms with Gasteiger partial charge in [-0.3, -0.25) is 9.10 Å². The van der Waals surface area contributed by atoms with Crippen LogP contribution in [-0.4, -0.2) is 51.9 Å². The number of piperazine rings is 1. The molecule has 3 aromatic rings. The summed E-state index contributed by atoms with van der Waals surface area (Å²) < 4.78 is 29.1. The van der Waals surface area contributed by atoms with Gasteiger partial charge in [0.1, 0.15) is 6.54 Å². The van der Waals surface area contributed by atoms with E-state index in [1.165, 1.54) is 4.31 Å². The molecular weight excluding hydrogens is 573 g/mol. The van der Waals surface area contributed by atoms with Gasteiger partial charge in [-0.2, -0.15) is 0 Å². The maximum absolute atomic E-state index is 13.4. The molecule has 6 nitrogen and oxygen atoms in total. The van der Waals surface area contributed by atoms with Crippen molar-refractivity contribution >= 4 is 61.5 Å². The summed E-state index contributed by atoms with van der Waals surface area (Å²) in [5.74, 6) is -0.223. The molecule has 1 aliphatic heterocycles. The number of benzene rings is 3. The van der Waals surface area contributed by atoms with Crippen LogP contribution < -0.4 is 9.21 Å². The third kappa shape index (κ3) is 5.62. The lowest BCUT2D eigenvalue weighted by atomic mass is 10.2. The van der Waals surface area contributed by atoms with Gasteiger partial charge in [0, 0.05) is 40.5 Å². The van der Waals surface area contributed by atoms with E-state index < -0.39 is 10.0 Å². The predicted molar refractivity (Wildman–Crippen MR) is 140 cm³/mol. The van der Waals surface area contributed by atoms with Crippen LogP contribution in [0.25, 0.3) is 0 Å². The number of sulfonamides is 1. The van der Waals surface area contributed by atoms with Crippen LogP contribution in [0.1, 0.15) is 0 Å². The van der Waals surface area contributed by atoms with Crippen LogP contribution in [0.4, 0.5) is 11.4 Å². The molecule has 172 valence electrons. The molecule has 0 atom stereocenters. The molecule has 1 amide bonds. The zero-order valence-electron chi connectivity index (χ0n) is 17.8. The monoisotopic (exact) mass is 595 g/mol. The summed E-state index contributed by atoms with van der Waals surface area (Å²) in [5, 5.41) is 0.672. The van der Waals surface area contributed by atoms with E-state index in [9.17, 15) is 13.2 Å². The van der Waals surface area contributed by atoms with Gasteiger partial charge in [-0.15, -0.1) is 0 Å². The molecule has 4 rings (SSSR count). The van der Waals surface area contributed by atoms with Crippen LogP contribution in [0.5, 0.6) is 0 Å². The lowest BCUT2D eigenvalue weighted by Crippen LogP contribution is -2.52. The number of hydrogen-bond donors (Lipinski definition) is 0. The Morgan fingerprint density at radius 2 is 1.58 bits per heavy atom. The summed E-state index contributed by atoms with van der Waals surface area (Å²) in [4.78, 5) is 17.3. The molecule has 0 unspecified atom stereocenters. The first-order valence-corrected chi connectivity index (χ1v) is 13.4. The molecule has 33 heavy (non-hydrogen) atoms. The van der Waals surface area contributed by atoms with Crippen LogP contribution in [-0.2, 0) is 14.8 Å². The Morgan fingerprint density at radius 3 is 2.21 bits per heavy atom. The number of hydrogen-bond acceptors (Lipinski definition) is 4. The van der Waals surface area contributed by atoms with Crippen molar-refractivity contribution in [3.63, 3.8) is 0 Å². The molecule has 0 aliphatic carbocycles. The lowest BCUT2D eigenvalue weighted by molar-refractivity contribution is -0.129. The molecule has 1 heterocycles. The zero-order valence-corrected chi connectivity index (χ0v) is 21.5. The van der Waals surface area contributed by atoms with E-state index in [0.717, 1.165) is 9.26 Å². The third-order valence-corrected chi connectivity index (χ3v) is 8.27. The summed E-state index contributed by atoms with van der Waals surface area (Å²) in [7, 11) is -3.90. The maximum Gasteiger partial charge on any atom is 0.264 e. The van der Waals surface area contributed by atoms with Gasteiger partial charge in [-0.25, -0.2) is 8.42 Å². The van der Waals surface area contributed by atoms with E-state index in [2.05, 4.69) is 27.5 Å². The summed E-state index contributed by atoms with van der Waals surface area (Å²) in [6.07, 6.45) is 0. The number of amides is 1.